The number of hydrogen-bond donors (Lipinski definition) is 2. The van der Waals surface area contributed by atoms with E-state index >= 15 is 0 Å². The molecule has 1 unspecified atom stereocenters. The number of likely N-dealkylation sites (tertiary alicyclic amines) is 1. The normalized spacial score (nSPS) is 21.3. The molecule has 1 atom stereocenters. The van der Waals surface area contributed by atoms with Gasteiger partial charge in [0.25, 0.3) is 5.91 Å². The van der Waals surface area contributed by atoms with Gasteiger partial charge in [0.2, 0.25) is 0 Å². The van der Waals surface area contributed by atoms with Crippen molar-refractivity contribution in [3.8, 4) is 5.75 Å². The fourth-order valence-corrected chi connectivity index (χ4v) is 3.32. The van der Waals surface area contributed by atoms with Crippen LogP contribution in [0.4, 0.5) is 0 Å². The zero-order valence-electron chi connectivity index (χ0n) is 13.8. The first-order valence-electron chi connectivity index (χ1n) is 7.73. The number of ether oxygens (including phenoxy) is 1. The minimum atomic E-state index is -0.830. The van der Waals surface area contributed by atoms with Crippen LogP contribution in [0.15, 0.2) is 24.4 Å². The largest absolute Gasteiger partial charge is 0.497 e. The summed E-state index contributed by atoms with van der Waals surface area (Å²) in [6.45, 7) is 1.49. The van der Waals surface area contributed by atoms with Gasteiger partial charge in [0, 0.05) is 30.2 Å². The Hall–Kier alpha value is -2.05. The number of H-pyrrole nitrogens is 1. The lowest BCUT2D eigenvalue weighted by molar-refractivity contribution is 0.0236. The van der Waals surface area contributed by atoms with E-state index in [1.165, 1.54) is 0 Å². The molecule has 2 aromatic rings. The summed E-state index contributed by atoms with van der Waals surface area (Å²) in [5.41, 5.74) is 0.688. The molecule has 0 spiro atoms. The molecule has 6 nitrogen and oxygen atoms in total. The summed E-state index contributed by atoms with van der Waals surface area (Å²) in [6.07, 6.45) is 2.33. The molecule has 0 saturated carbocycles. The van der Waals surface area contributed by atoms with Crippen LogP contribution in [0.2, 0.25) is 0 Å². The third-order valence-electron chi connectivity index (χ3n) is 4.35. The predicted octanol–water partition coefficient (Wildman–Crippen LogP) is 1.32. The SMILES string of the molecule is COc1ccc2[nH]cc(C(=O)N3CCC(O)(CN(C)C)C3)c2c1. The van der Waals surface area contributed by atoms with E-state index in [9.17, 15) is 9.90 Å². The van der Waals surface area contributed by atoms with E-state index in [1.807, 2.05) is 37.2 Å². The van der Waals surface area contributed by atoms with E-state index in [0.717, 1.165) is 16.7 Å². The molecule has 3 rings (SSSR count). The van der Waals surface area contributed by atoms with E-state index in [4.69, 9.17) is 4.74 Å². The first-order valence-corrected chi connectivity index (χ1v) is 7.73. The highest BCUT2D eigenvalue weighted by atomic mass is 16.5. The molecule has 2 N–H and O–H groups in total. The third kappa shape index (κ3) is 3.04. The molecule has 1 aliphatic heterocycles. The number of nitrogens with zero attached hydrogens (tertiary/aromatic N) is 2. The van der Waals surface area contributed by atoms with Gasteiger partial charge in [-0.15, -0.1) is 0 Å². The van der Waals surface area contributed by atoms with Crippen molar-refractivity contribution < 1.29 is 14.6 Å². The van der Waals surface area contributed by atoms with Gasteiger partial charge in [-0.05, 0) is 38.7 Å². The molecule has 0 aliphatic carbocycles. The van der Waals surface area contributed by atoms with Crippen molar-refractivity contribution in [3.63, 3.8) is 0 Å². The van der Waals surface area contributed by atoms with Crippen LogP contribution < -0.4 is 4.74 Å². The minimum absolute atomic E-state index is 0.0563. The van der Waals surface area contributed by atoms with Crippen LogP contribution in [0.3, 0.4) is 0 Å². The fourth-order valence-electron chi connectivity index (χ4n) is 3.32. The molecule has 6 heteroatoms. The maximum absolute atomic E-state index is 12.8. The number of carbonyl (C=O) groups excluding carboxylic acids is 1. The van der Waals surface area contributed by atoms with Crippen molar-refractivity contribution in [1.82, 2.24) is 14.8 Å². The molecule has 0 radical (unpaired) electrons. The van der Waals surface area contributed by atoms with Crippen LogP contribution in [-0.2, 0) is 0 Å². The number of benzene rings is 1. The lowest BCUT2D eigenvalue weighted by Crippen LogP contribution is -2.43. The second-order valence-corrected chi connectivity index (χ2v) is 6.55. The Bertz CT molecular complexity index is 725. The molecule has 1 saturated heterocycles. The average Bonchev–Trinajstić information content (AvgIpc) is 3.09. The number of β-amino-alcohol motifs (C(OH)–C–C–N with tert-alkyl or cyclic N) is 1. The van der Waals surface area contributed by atoms with Gasteiger partial charge in [-0.25, -0.2) is 0 Å². The monoisotopic (exact) mass is 317 g/mol. The first-order chi connectivity index (χ1) is 10.9. The van der Waals surface area contributed by atoms with Crippen LogP contribution in [0, 0.1) is 0 Å². The van der Waals surface area contributed by atoms with Gasteiger partial charge in [-0.3, -0.25) is 4.79 Å². The number of aliphatic hydroxyl groups is 1. The van der Waals surface area contributed by atoms with Crippen LogP contribution >= 0.6 is 0 Å². The molecule has 1 aromatic heterocycles. The zero-order valence-corrected chi connectivity index (χ0v) is 13.8. The molecule has 1 amide bonds. The van der Waals surface area contributed by atoms with E-state index in [1.54, 1.807) is 18.2 Å². The molecule has 1 aliphatic rings. The summed E-state index contributed by atoms with van der Waals surface area (Å²) in [4.78, 5) is 19.6. The second kappa shape index (κ2) is 5.86. The highest BCUT2D eigenvalue weighted by Gasteiger charge is 2.39. The van der Waals surface area contributed by atoms with Crippen molar-refractivity contribution in [2.45, 2.75) is 12.0 Å². The van der Waals surface area contributed by atoms with Gasteiger partial charge in [0.05, 0.1) is 24.8 Å². The van der Waals surface area contributed by atoms with E-state index < -0.39 is 5.60 Å². The van der Waals surface area contributed by atoms with Crippen molar-refractivity contribution in [1.29, 1.82) is 0 Å². The molecule has 23 heavy (non-hydrogen) atoms. The Morgan fingerprint density at radius 3 is 2.96 bits per heavy atom. The molecule has 124 valence electrons. The molecule has 1 fully saturated rings. The van der Waals surface area contributed by atoms with Crippen LogP contribution in [0.5, 0.6) is 5.75 Å². The molecule has 2 heterocycles. The average molecular weight is 317 g/mol. The predicted molar refractivity (Wildman–Crippen MR) is 88.9 cm³/mol. The molecule has 0 bridgehead atoms. The molecular weight excluding hydrogens is 294 g/mol. The Morgan fingerprint density at radius 1 is 1.48 bits per heavy atom. The van der Waals surface area contributed by atoms with Gasteiger partial charge in [-0.1, -0.05) is 0 Å². The van der Waals surface area contributed by atoms with Crippen LogP contribution in [0.1, 0.15) is 16.8 Å². The van der Waals surface area contributed by atoms with E-state index in [-0.39, 0.29) is 5.91 Å². The van der Waals surface area contributed by atoms with Crippen LogP contribution in [0.25, 0.3) is 10.9 Å². The van der Waals surface area contributed by atoms with Crippen molar-refractivity contribution >= 4 is 16.8 Å². The summed E-state index contributed by atoms with van der Waals surface area (Å²) >= 11 is 0. The summed E-state index contributed by atoms with van der Waals surface area (Å²) in [5.74, 6) is 0.663. The maximum atomic E-state index is 12.8. The summed E-state index contributed by atoms with van der Waals surface area (Å²) in [6, 6.07) is 5.62. The van der Waals surface area contributed by atoms with E-state index in [2.05, 4.69) is 4.98 Å². The number of hydrogen-bond acceptors (Lipinski definition) is 4. The Balaban J connectivity index is 1.84. The smallest absolute Gasteiger partial charge is 0.256 e. The standard InChI is InChI=1S/C17H23N3O3/c1-19(2)10-17(22)6-7-20(11-17)16(21)14-9-18-15-5-4-12(23-3)8-13(14)15/h4-5,8-9,18,22H,6-7,10-11H2,1-3H3. The number of aromatic amines is 1. The Kier molecular flexibility index (Phi) is 4.04. The summed E-state index contributed by atoms with van der Waals surface area (Å²) in [7, 11) is 5.46. The highest BCUT2D eigenvalue weighted by Crippen LogP contribution is 2.28. The summed E-state index contributed by atoms with van der Waals surface area (Å²) < 4.78 is 5.24. The third-order valence-corrected chi connectivity index (χ3v) is 4.35. The van der Waals surface area contributed by atoms with Gasteiger partial charge in [-0.2, -0.15) is 0 Å². The number of amides is 1. The van der Waals surface area contributed by atoms with Crippen molar-refractivity contribution in [2.24, 2.45) is 0 Å². The Morgan fingerprint density at radius 2 is 2.26 bits per heavy atom. The van der Waals surface area contributed by atoms with Gasteiger partial charge in [0.1, 0.15) is 5.75 Å². The summed E-state index contributed by atoms with van der Waals surface area (Å²) in [5, 5.41) is 11.5. The zero-order chi connectivity index (χ0) is 16.6. The topological polar surface area (TPSA) is 68.8 Å². The number of methoxy groups -OCH3 is 1. The minimum Gasteiger partial charge on any atom is -0.497 e. The lowest BCUT2D eigenvalue weighted by Gasteiger charge is -2.26. The number of aromatic nitrogens is 1. The maximum Gasteiger partial charge on any atom is 0.256 e. The highest BCUT2D eigenvalue weighted by molar-refractivity contribution is 6.07. The van der Waals surface area contributed by atoms with Gasteiger partial charge >= 0.3 is 0 Å². The molecular formula is C17H23N3O3. The van der Waals surface area contributed by atoms with Crippen molar-refractivity contribution in [3.05, 3.63) is 30.0 Å². The first kappa shape index (κ1) is 15.8. The van der Waals surface area contributed by atoms with Gasteiger partial charge < -0.3 is 24.6 Å². The number of rotatable bonds is 4. The second-order valence-electron chi connectivity index (χ2n) is 6.55. The fraction of sp³-hybridized carbons (Fsp3) is 0.471. The van der Waals surface area contributed by atoms with Gasteiger partial charge in [0.15, 0.2) is 0 Å². The van der Waals surface area contributed by atoms with Crippen LogP contribution in [-0.4, -0.2) is 72.2 Å². The number of nitrogens with one attached hydrogen (secondary N) is 1. The lowest BCUT2D eigenvalue weighted by atomic mass is 10.0. The van der Waals surface area contributed by atoms with Crippen molar-refractivity contribution in [2.75, 3.05) is 40.8 Å². The van der Waals surface area contributed by atoms with E-state index in [0.29, 0.717) is 31.6 Å². The molecule has 1 aromatic carbocycles. The quantitative estimate of drug-likeness (QED) is 0.892. The number of likely N-dealkylation sites (N-methyl/N-ethyl adjacent to an activating group) is 1. The number of fused-ring (bicyclic) bond motifs is 1. The number of carbonyl (C=O) groups is 1. The Labute approximate surface area is 135 Å².